The lowest BCUT2D eigenvalue weighted by Crippen LogP contribution is -2.13. The van der Waals surface area contributed by atoms with Gasteiger partial charge in [-0.1, -0.05) is 152 Å². The molecule has 0 saturated heterocycles. The van der Waals surface area contributed by atoms with Crippen LogP contribution < -0.4 is 0 Å². The van der Waals surface area contributed by atoms with Crippen LogP contribution in [0.3, 0.4) is 0 Å². The molecule has 0 N–H and O–H groups in total. The van der Waals surface area contributed by atoms with Gasteiger partial charge in [-0.3, -0.25) is 0 Å². The smallest absolute Gasteiger partial charge is 0.161 e. The van der Waals surface area contributed by atoms with Gasteiger partial charge in [0, 0.05) is 40.2 Å². The predicted molar refractivity (Wildman–Crippen MR) is 239 cm³/mol. The van der Waals surface area contributed by atoms with E-state index in [0.29, 0.717) is 11.7 Å². The first-order valence-corrected chi connectivity index (χ1v) is 19.2. The molecule has 1 aromatic heterocycles. The molecule has 1 aliphatic carbocycles. The highest BCUT2D eigenvalue weighted by atomic mass is 16.5. The number of rotatable bonds is 7. The second kappa shape index (κ2) is 16.2. The van der Waals surface area contributed by atoms with Crippen molar-refractivity contribution in [3.05, 3.63) is 223 Å². The third kappa shape index (κ3) is 7.27. The fourth-order valence-electron chi connectivity index (χ4n) is 7.71. The summed E-state index contributed by atoms with van der Waals surface area (Å²) in [6.07, 6.45) is 18.4. The molecule has 1 aliphatic heterocycles. The minimum atomic E-state index is 0.00628. The number of fused-ring (bicyclic) bond motifs is 3. The van der Waals surface area contributed by atoms with E-state index in [4.69, 9.17) is 19.7 Å². The average Bonchev–Trinajstić information content (AvgIpc) is 3.60. The number of allylic oxidation sites excluding steroid dienone is 9. The van der Waals surface area contributed by atoms with Gasteiger partial charge in [-0.15, -0.1) is 0 Å². The molecule has 9 rings (SSSR count). The van der Waals surface area contributed by atoms with Crippen molar-refractivity contribution in [2.75, 3.05) is 7.11 Å². The molecule has 57 heavy (non-hydrogen) atoms. The monoisotopic (exact) mass is 736 g/mol. The van der Waals surface area contributed by atoms with Crippen LogP contribution in [0.4, 0.5) is 0 Å². The molecule has 5 nitrogen and oxygen atoms in total. The second-order valence-electron chi connectivity index (χ2n) is 13.9. The Bertz CT molecular complexity index is 2720. The van der Waals surface area contributed by atoms with E-state index in [1.54, 1.807) is 19.5 Å². The first-order chi connectivity index (χ1) is 28.2. The number of hydrogen-bond donors (Lipinski definition) is 0. The van der Waals surface area contributed by atoms with E-state index >= 15 is 0 Å². The first kappa shape index (κ1) is 35.3. The van der Waals surface area contributed by atoms with Crippen molar-refractivity contribution in [1.82, 2.24) is 4.57 Å². The zero-order chi connectivity index (χ0) is 38.4. The lowest BCUT2D eigenvalue weighted by Gasteiger charge is -2.26. The van der Waals surface area contributed by atoms with Crippen LogP contribution in [0.25, 0.3) is 49.8 Å². The Hall–Kier alpha value is -7.37. The number of aromatic nitrogens is 1. The molecule has 0 radical (unpaired) electrons. The van der Waals surface area contributed by atoms with E-state index in [2.05, 4.69) is 138 Å². The standard InChI is InChI=1S/C52H40N4O/c1-57-50-44(39-25-27-41(28-26-39)52-54-34-15-4-2-3-14-33-53-51(55-52)40-21-12-7-13-22-40)23-16-24-49(50)56-47-31-29-42(37-17-8-5-9-18-37)35-45(47)46-36-43(30-32-48(46)56)38-19-10-6-11-20-38/h2-22,24-36,44H,23H2,1H3/b3-2-,4-2?,14-3?,15-4+,33-14-,34-15?,53-33?,53-51?,54-34?,54-52?,55-51?,55-52?. The summed E-state index contributed by atoms with van der Waals surface area (Å²) in [5, 5.41) is 2.40. The van der Waals surface area contributed by atoms with Crippen molar-refractivity contribution in [1.29, 1.82) is 0 Å². The number of nitrogens with zero attached hydrogens (tertiary/aromatic N) is 4. The molecule has 7 aromatic rings. The van der Waals surface area contributed by atoms with Crippen molar-refractivity contribution < 1.29 is 4.74 Å². The Morgan fingerprint density at radius 1 is 0.544 bits per heavy atom. The fourth-order valence-corrected chi connectivity index (χ4v) is 7.71. The summed E-state index contributed by atoms with van der Waals surface area (Å²) in [6.45, 7) is 0. The molecule has 0 saturated carbocycles. The number of aliphatic imine (C=N–C) groups is 3. The minimum absolute atomic E-state index is 0.00628. The highest BCUT2D eigenvalue weighted by molar-refractivity contribution is 6.14. The molecule has 0 bridgehead atoms. The molecule has 0 fully saturated rings. The highest BCUT2D eigenvalue weighted by Gasteiger charge is 2.26. The molecule has 274 valence electrons. The number of ether oxygens (including phenoxy) is 1. The van der Waals surface area contributed by atoms with Gasteiger partial charge in [0.25, 0.3) is 0 Å². The van der Waals surface area contributed by atoms with Gasteiger partial charge in [-0.05, 0) is 76.7 Å². The third-order valence-electron chi connectivity index (χ3n) is 10.5. The largest absolute Gasteiger partial charge is 0.498 e. The van der Waals surface area contributed by atoms with E-state index < -0.39 is 0 Å². The topological polar surface area (TPSA) is 51.2 Å². The van der Waals surface area contributed by atoms with Crippen LogP contribution in [0.15, 0.2) is 221 Å². The van der Waals surface area contributed by atoms with E-state index in [1.807, 2.05) is 60.7 Å². The van der Waals surface area contributed by atoms with Gasteiger partial charge in [0.2, 0.25) is 0 Å². The van der Waals surface area contributed by atoms with Crippen LogP contribution in [0.5, 0.6) is 0 Å². The van der Waals surface area contributed by atoms with Gasteiger partial charge in [0.1, 0.15) is 5.76 Å². The summed E-state index contributed by atoms with van der Waals surface area (Å²) >= 11 is 0. The SMILES string of the molecule is COC1=C(n2c3ccc(-c4ccccc4)cc3c3cc(-c4ccccc4)ccc32)C=CCC1c1ccc(C2=NC(c3ccccc3)=N\C=C/C=C\C=C\C=N2)cc1. The van der Waals surface area contributed by atoms with Crippen molar-refractivity contribution in [2.24, 2.45) is 15.0 Å². The molecule has 6 aromatic carbocycles. The van der Waals surface area contributed by atoms with Crippen LogP contribution in [0, 0.1) is 0 Å². The Kier molecular flexibility index (Phi) is 10.0. The second-order valence-corrected chi connectivity index (χ2v) is 13.9. The first-order valence-electron chi connectivity index (χ1n) is 19.2. The number of amidine groups is 2. The summed E-state index contributed by atoms with van der Waals surface area (Å²) in [6, 6.07) is 53.3. The molecule has 1 atom stereocenters. The summed E-state index contributed by atoms with van der Waals surface area (Å²) < 4.78 is 8.77. The normalized spacial score (nSPS) is 17.4. The van der Waals surface area contributed by atoms with E-state index in [0.717, 1.165) is 45.6 Å². The molecule has 2 heterocycles. The Balaban J connectivity index is 1.14. The highest BCUT2D eigenvalue weighted by Crippen LogP contribution is 2.42. The number of hydrogen-bond acceptors (Lipinski definition) is 4. The van der Waals surface area contributed by atoms with Crippen molar-refractivity contribution in [3.63, 3.8) is 0 Å². The van der Waals surface area contributed by atoms with Gasteiger partial charge >= 0.3 is 0 Å². The molecule has 0 amide bonds. The van der Waals surface area contributed by atoms with Gasteiger partial charge in [0.05, 0.1) is 23.8 Å². The van der Waals surface area contributed by atoms with Gasteiger partial charge < -0.3 is 9.30 Å². The van der Waals surface area contributed by atoms with Gasteiger partial charge in [-0.2, -0.15) is 0 Å². The van der Waals surface area contributed by atoms with Crippen molar-refractivity contribution in [2.45, 2.75) is 12.3 Å². The fraction of sp³-hybridized carbons (Fsp3) is 0.0577. The van der Waals surface area contributed by atoms with E-state index in [9.17, 15) is 0 Å². The van der Waals surface area contributed by atoms with Crippen molar-refractivity contribution >= 4 is 45.4 Å². The summed E-state index contributed by atoms with van der Waals surface area (Å²) in [5.74, 6) is 2.10. The molecule has 5 heteroatoms. The maximum Gasteiger partial charge on any atom is 0.161 e. The van der Waals surface area contributed by atoms with E-state index in [-0.39, 0.29) is 5.92 Å². The van der Waals surface area contributed by atoms with Crippen LogP contribution in [-0.2, 0) is 4.74 Å². The van der Waals surface area contributed by atoms with Crippen molar-refractivity contribution in [3.8, 4) is 22.3 Å². The minimum Gasteiger partial charge on any atom is -0.498 e. The number of methoxy groups -OCH3 is 1. The maximum atomic E-state index is 6.39. The van der Waals surface area contributed by atoms with Crippen LogP contribution in [0.2, 0.25) is 0 Å². The van der Waals surface area contributed by atoms with Crippen LogP contribution in [0.1, 0.15) is 29.0 Å². The quantitative estimate of drug-likeness (QED) is 0.161. The molecule has 2 aliphatic rings. The van der Waals surface area contributed by atoms with E-state index in [1.165, 1.54) is 33.0 Å². The Morgan fingerprint density at radius 3 is 1.70 bits per heavy atom. The molecule has 0 spiro atoms. The number of benzene rings is 6. The lowest BCUT2D eigenvalue weighted by molar-refractivity contribution is 0.264. The van der Waals surface area contributed by atoms with Crippen LogP contribution >= 0.6 is 0 Å². The molecular formula is C52H40N4O. The maximum absolute atomic E-state index is 6.39. The Morgan fingerprint density at radius 2 is 1.09 bits per heavy atom. The summed E-state index contributed by atoms with van der Waals surface area (Å²) in [4.78, 5) is 14.5. The predicted octanol–water partition coefficient (Wildman–Crippen LogP) is 12.6. The summed E-state index contributed by atoms with van der Waals surface area (Å²) in [7, 11) is 1.79. The van der Waals surface area contributed by atoms with Crippen LogP contribution in [-0.4, -0.2) is 29.6 Å². The molecular weight excluding hydrogens is 697 g/mol. The molecule has 1 unspecified atom stereocenters. The third-order valence-corrected chi connectivity index (χ3v) is 10.5. The lowest BCUT2D eigenvalue weighted by atomic mass is 9.88. The average molecular weight is 737 g/mol. The zero-order valence-electron chi connectivity index (χ0n) is 31.6. The zero-order valence-corrected chi connectivity index (χ0v) is 31.6. The summed E-state index contributed by atoms with van der Waals surface area (Å²) in [5.41, 5.74) is 11.0. The Labute approximate surface area is 333 Å². The van der Waals surface area contributed by atoms with Gasteiger partial charge in [0.15, 0.2) is 11.7 Å². The van der Waals surface area contributed by atoms with Gasteiger partial charge in [-0.25, -0.2) is 15.0 Å².